The Morgan fingerprint density at radius 2 is 2.06 bits per heavy atom. The van der Waals surface area contributed by atoms with Crippen LogP contribution < -0.4 is 5.73 Å². The minimum atomic E-state index is -0.964. The molecule has 0 aliphatic heterocycles. The molecule has 6 heteroatoms. The van der Waals surface area contributed by atoms with Gasteiger partial charge in [0.2, 0.25) is 5.91 Å². The predicted molar refractivity (Wildman–Crippen MR) is 61.1 cm³/mol. The van der Waals surface area contributed by atoms with Gasteiger partial charge in [0.1, 0.15) is 0 Å². The van der Waals surface area contributed by atoms with Gasteiger partial charge in [0.15, 0.2) is 5.84 Å². The van der Waals surface area contributed by atoms with Crippen LogP contribution in [0.2, 0.25) is 0 Å². The summed E-state index contributed by atoms with van der Waals surface area (Å²) >= 11 is 0. The third-order valence-electron chi connectivity index (χ3n) is 2.18. The molecule has 0 aromatic rings. The number of rotatable bonds is 5. The molecule has 0 saturated heterocycles. The zero-order valence-corrected chi connectivity index (χ0v) is 10.3. The molecule has 0 aromatic carbocycles. The van der Waals surface area contributed by atoms with Crippen LogP contribution in [0.15, 0.2) is 5.16 Å². The number of likely N-dealkylation sites (N-methyl/N-ethyl adjacent to an activating group) is 1. The standard InChI is InChI=1S/C10H21N3O3/c1-5-7(8(11)12-16)9(14)13(4)6-10(2,3)15/h7,15-16H,5-6H2,1-4H3,(H2,11,12). The van der Waals surface area contributed by atoms with Crippen LogP contribution in [0.5, 0.6) is 0 Å². The van der Waals surface area contributed by atoms with Crippen molar-refractivity contribution in [3.8, 4) is 0 Å². The molecule has 0 fully saturated rings. The average molecular weight is 231 g/mol. The lowest BCUT2D eigenvalue weighted by molar-refractivity contribution is -0.134. The van der Waals surface area contributed by atoms with Crippen molar-refractivity contribution in [3.05, 3.63) is 0 Å². The molecule has 0 saturated carbocycles. The maximum atomic E-state index is 11.9. The first kappa shape index (κ1) is 14.7. The van der Waals surface area contributed by atoms with E-state index in [4.69, 9.17) is 10.9 Å². The van der Waals surface area contributed by atoms with E-state index in [0.717, 1.165) is 0 Å². The smallest absolute Gasteiger partial charge is 0.233 e. The van der Waals surface area contributed by atoms with E-state index in [1.807, 2.05) is 0 Å². The molecule has 0 aromatic heterocycles. The van der Waals surface area contributed by atoms with Gasteiger partial charge in [-0.25, -0.2) is 0 Å². The molecular weight excluding hydrogens is 210 g/mol. The van der Waals surface area contributed by atoms with Crippen LogP contribution in [-0.2, 0) is 4.79 Å². The number of carbonyl (C=O) groups is 1. The first-order chi connectivity index (χ1) is 7.22. The Bertz CT molecular complexity index is 271. The molecule has 0 rings (SSSR count). The number of oxime groups is 1. The quantitative estimate of drug-likeness (QED) is 0.268. The average Bonchev–Trinajstić information content (AvgIpc) is 2.15. The molecule has 0 spiro atoms. The van der Waals surface area contributed by atoms with Crippen molar-refractivity contribution in [2.45, 2.75) is 32.8 Å². The van der Waals surface area contributed by atoms with E-state index >= 15 is 0 Å². The molecule has 4 N–H and O–H groups in total. The van der Waals surface area contributed by atoms with Crippen molar-refractivity contribution in [1.29, 1.82) is 0 Å². The van der Waals surface area contributed by atoms with E-state index in [9.17, 15) is 9.90 Å². The Hall–Kier alpha value is -1.30. The van der Waals surface area contributed by atoms with Crippen LogP contribution in [0, 0.1) is 5.92 Å². The van der Waals surface area contributed by atoms with E-state index in [1.165, 1.54) is 4.90 Å². The Kier molecular flexibility index (Phi) is 5.23. The zero-order chi connectivity index (χ0) is 12.9. The summed E-state index contributed by atoms with van der Waals surface area (Å²) in [6, 6.07) is 0. The van der Waals surface area contributed by atoms with E-state index in [0.29, 0.717) is 6.42 Å². The molecule has 0 aliphatic carbocycles. The van der Waals surface area contributed by atoms with Gasteiger partial charge in [-0.05, 0) is 20.3 Å². The number of nitrogens with two attached hydrogens (primary N) is 1. The largest absolute Gasteiger partial charge is 0.409 e. The van der Waals surface area contributed by atoms with Crippen molar-refractivity contribution in [3.63, 3.8) is 0 Å². The van der Waals surface area contributed by atoms with Crippen molar-refractivity contribution < 1.29 is 15.1 Å². The predicted octanol–water partition coefficient (Wildman–Crippen LogP) is -0.0117. The van der Waals surface area contributed by atoms with E-state index in [1.54, 1.807) is 27.8 Å². The van der Waals surface area contributed by atoms with Gasteiger partial charge < -0.3 is 20.9 Å². The number of carbonyl (C=O) groups excluding carboxylic acids is 1. The van der Waals surface area contributed by atoms with Crippen molar-refractivity contribution in [1.82, 2.24) is 4.90 Å². The highest BCUT2D eigenvalue weighted by Crippen LogP contribution is 2.10. The molecule has 94 valence electrons. The van der Waals surface area contributed by atoms with Crippen molar-refractivity contribution >= 4 is 11.7 Å². The summed E-state index contributed by atoms with van der Waals surface area (Å²) in [6.45, 7) is 5.20. The third kappa shape index (κ3) is 4.48. The molecule has 1 unspecified atom stereocenters. The van der Waals surface area contributed by atoms with E-state index in [-0.39, 0.29) is 18.3 Å². The molecule has 6 nitrogen and oxygen atoms in total. The van der Waals surface area contributed by atoms with Gasteiger partial charge >= 0.3 is 0 Å². The normalized spacial score (nSPS) is 14.7. The van der Waals surface area contributed by atoms with Crippen LogP contribution >= 0.6 is 0 Å². The summed E-state index contributed by atoms with van der Waals surface area (Å²) in [4.78, 5) is 13.3. The second kappa shape index (κ2) is 5.69. The molecule has 16 heavy (non-hydrogen) atoms. The fourth-order valence-electron chi connectivity index (χ4n) is 1.50. The fraction of sp³-hybridized carbons (Fsp3) is 0.800. The van der Waals surface area contributed by atoms with Gasteiger partial charge in [0, 0.05) is 13.6 Å². The van der Waals surface area contributed by atoms with Gasteiger partial charge in [0.25, 0.3) is 0 Å². The van der Waals surface area contributed by atoms with Crippen LogP contribution in [0.4, 0.5) is 0 Å². The summed E-state index contributed by atoms with van der Waals surface area (Å²) in [5, 5.41) is 21.0. The molecule has 0 aliphatic rings. The minimum Gasteiger partial charge on any atom is -0.409 e. The second-order valence-electron chi connectivity index (χ2n) is 4.49. The molecule has 1 atom stereocenters. The lowest BCUT2D eigenvalue weighted by atomic mass is 10.0. The summed E-state index contributed by atoms with van der Waals surface area (Å²) in [5.41, 5.74) is 4.46. The van der Waals surface area contributed by atoms with Crippen LogP contribution in [-0.4, -0.2) is 46.1 Å². The van der Waals surface area contributed by atoms with Crippen LogP contribution in [0.1, 0.15) is 27.2 Å². The molecule has 1 amide bonds. The fourth-order valence-corrected chi connectivity index (χ4v) is 1.50. The number of aliphatic hydroxyl groups is 1. The lowest BCUT2D eigenvalue weighted by Crippen LogP contribution is -2.45. The maximum Gasteiger partial charge on any atom is 0.233 e. The Balaban J connectivity index is 4.64. The second-order valence-corrected chi connectivity index (χ2v) is 4.49. The summed E-state index contributed by atoms with van der Waals surface area (Å²) in [5.74, 6) is -1.01. The number of amides is 1. The number of nitrogens with zero attached hydrogens (tertiary/aromatic N) is 2. The highest BCUT2D eigenvalue weighted by Gasteiger charge is 2.27. The summed E-state index contributed by atoms with van der Waals surface area (Å²) in [6.07, 6.45) is 0.449. The maximum absolute atomic E-state index is 11.9. The summed E-state index contributed by atoms with van der Waals surface area (Å²) in [7, 11) is 1.58. The first-order valence-electron chi connectivity index (χ1n) is 5.17. The van der Waals surface area contributed by atoms with E-state index in [2.05, 4.69) is 5.16 Å². The number of hydrogen-bond donors (Lipinski definition) is 3. The summed E-state index contributed by atoms with van der Waals surface area (Å²) < 4.78 is 0. The first-order valence-corrected chi connectivity index (χ1v) is 5.17. The number of hydrogen-bond acceptors (Lipinski definition) is 4. The highest BCUT2D eigenvalue weighted by atomic mass is 16.4. The van der Waals surface area contributed by atoms with Gasteiger partial charge in [-0.15, -0.1) is 0 Å². The van der Waals surface area contributed by atoms with Gasteiger partial charge in [-0.3, -0.25) is 4.79 Å². The van der Waals surface area contributed by atoms with Crippen molar-refractivity contribution in [2.24, 2.45) is 16.8 Å². The van der Waals surface area contributed by atoms with Crippen molar-refractivity contribution in [2.75, 3.05) is 13.6 Å². The monoisotopic (exact) mass is 231 g/mol. The number of amidine groups is 1. The zero-order valence-electron chi connectivity index (χ0n) is 10.3. The molecule has 0 radical (unpaired) electrons. The molecule has 0 bridgehead atoms. The van der Waals surface area contributed by atoms with Crippen LogP contribution in [0.3, 0.4) is 0 Å². The molecular formula is C10H21N3O3. The Labute approximate surface area is 95.7 Å². The Morgan fingerprint density at radius 1 is 1.56 bits per heavy atom. The Morgan fingerprint density at radius 3 is 2.38 bits per heavy atom. The highest BCUT2D eigenvalue weighted by molar-refractivity contribution is 6.01. The van der Waals surface area contributed by atoms with Gasteiger partial charge in [-0.1, -0.05) is 12.1 Å². The van der Waals surface area contributed by atoms with E-state index < -0.39 is 11.5 Å². The van der Waals surface area contributed by atoms with Gasteiger partial charge in [-0.2, -0.15) is 0 Å². The SMILES string of the molecule is CCC(C(=O)N(C)CC(C)(C)O)C(N)=NO. The van der Waals surface area contributed by atoms with Gasteiger partial charge in [0.05, 0.1) is 11.5 Å². The lowest BCUT2D eigenvalue weighted by Gasteiger charge is -2.28. The minimum absolute atomic E-state index is 0.102. The topological polar surface area (TPSA) is 99.2 Å². The van der Waals surface area contributed by atoms with Crippen LogP contribution in [0.25, 0.3) is 0 Å². The third-order valence-corrected chi connectivity index (χ3v) is 2.18. The molecule has 0 heterocycles.